The van der Waals surface area contributed by atoms with Crippen LogP contribution in [0.2, 0.25) is 0 Å². The molecule has 0 unspecified atom stereocenters. The smallest absolute Gasteiger partial charge is 0.410 e. The average molecular weight is 1310 g/mol. The van der Waals surface area contributed by atoms with Crippen molar-refractivity contribution in [3.05, 3.63) is 27.0 Å². The number of aliphatic hydroxyl groups excluding tert-OH is 2. The highest BCUT2D eigenvalue weighted by atomic mass is 79.9. The molecule has 26 heteroatoms. The summed E-state index contributed by atoms with van der Waals surface area (Å²) in [5, 5.41) is 26.1. The maximum absolute atomic E-state index is 12.4. The van der Waals surface area contributed by atoms with Gasteiger partial charge in [-0.1, -0.05) is 0 Å². The summed E-state index contributed by atoms with van der Waals surface area (Å²) < 4.78 is 61.8. The number of nitrogens with one attached hydrogen (secondary N) is 1. The number of fused-ring (bicyclic) bond motifs is 1. The van der Waals surface area contributed by atoms with Crippen molar-refractivity contribution in [1.82, 2.24) is 39.6 Å². The lowest BCUT2D eigenvalue weighted by molar-refractivity contribution is -0.140. The van der Waals surface area contributed by atoms with Crippen LogP contribution in [0.25, 0.3) is 0 Å². The molecular weight excluding hydrogens is 1210 g/mol. The van der Waals surface area contributed by atoms with Gasteiger partial charge in [-0.05, 0) is 150 Å². The van der Waals surface area contributed by atoms with Crippen molar-refractivity contribution < 1.29 is 65.6 Å². The quantitative estimate of drug-likeness (QED) is 0.327. The monoisotopic (exact) mass is 1310 g/mol. The Morgan fingerprint density at radius 3 is 1.50 bits per heavy atom. The van der Waals surface area contributed by atoms with E-state index in [1.807, 2.05) is 41.5 Å². The van der Waals surface area contributed by atoms with Crippen molar-refractivity contribution in [3.63, 3.8) is 0 Å². The molecule has 0 saturated carbocycles. The lowest BCUT2D eigenvalue weighted by atomic mass is 10.0. The molecule has 3 N–H and O–H groups in total. The normalized spacial score (nSPS) is 24.0. The van der Waals surface area contributed by atoms with Gasteiger partial charge in [0.2, 0.25) is 0 Å². The van der Waals surface area contributed by atoms with Crippen LogP contribution >= 0.6 is 31.9 Å². The SMILES string of the molecule is CC(C)(C)OC(=O)N1CCC2=C(C1)C(Br)=NC2.CC(C)(C)OC(=O)N1CCc2c(c(Br)nn2C2CCN(C3COC3)CC2)C1.CS(=O)(=O)OC1CCN(C2COC2)CC1.O=C1COC1.OC1CCN(C2COC2)CC1.OC1CCNCC1. The van der Waals surface area contributed by atoms with Gasteiger partial charge in [0.05, 0.1) is 108 Å². The van der Waals surface area contributed by atoms with Gasteiger partial charge >= 0.3 is 12.2 Å². The molecule has 12 heterocycles. The number of aliphatic imine (C=N–C) groups is 1. The summed E-state index contributed by atoms with van der Waals surface area (Å²) in [6, 6.07) is 2.26. The lowest BCUT2D eigenvalue weighted by Gasteiger charge is -2.41. The second kappa shape index (κ2) is 31.3. The van der Waals surface area contributed by atoms with Gasteiger partial charge in [0.1, 0.15) is 33.6 Å². The third-order valence-electron chi connectivity index (χ3n) is 15.8. The first-order valence-electron chi connectivity index (χ1n) is 29.5. The van der Waals surface area contributed by atoms with E-state index in [9.17, 15) is 27.9 Å². The van der Waals surface area contributed by atoms with Gasteiger partial charge in [-0.2, -0.15) is 13.5 Å². The minimum absolute atomic E-state index is 0.0266. The van der Waals surface area contributed by atoms with Crippen LogP contribution in [-0.4, -0.2) is 261 Å². The van der Waals surface area contributed by atoms with Crippen molar-refractivity contribution in [2.75, 3.05) is 138 Å². The molecular formula is C56H93Br2N9O14S. The fourth-order valence-electron chi connectivity index (χ4n) is 10.7. The molecule has 8 saturated heterocycles. The molecule has 0 radical (unpaired) electrons. The van der Waals surface area contributed by atoms with Gasteiger partial charge in [0.25, 0.3) is 10.1 Å². The van der Waals surface area contributed by atoms with Crippen LogP contribution in [0.3, 0.4) is 0 Å². The predicted octanol–water partition coefficient (Wildman–Crippen LogP) is 4.69. The molecule has 12 rings (SSSR count). The van der Waals surface area contributed by atoms with Crippen LogP contribution in [0, 0.1) is 0 Å². The highest BCUT2D eigenvalue weighted by Crippen LogP contribution is 2.34. The number of aliphatic hydroxyl groups is 2. The number of Topliss-reactive ketones (excluding diaryl/α,β-unsaturated/α-hetero) is 1. The van der Waals surface area contributed by atoms with Gasteiger partial charge in [-0.15, -0.1) is 0 Å². The van der Waals surface area contributed by atoms with Crippen LogP contribution in [0.4, 0.5) is 9.59 Å². The number of carbonyl (C=O) groups is 3. The third-order valence-corrected chi connectivity index (χ3v) is 17.8. The van der Waals surface area contributed by atoms with Crippen LogP contribution < -0.4 is 5.32 Å². The maximum atomic E-state index is 12.4. The molecule has 2 amide bonds. The molecule has 11 aliphatic rings. The zero-order valence-corrected chi connectivity index (χ0v) is 53.5. The van der Waals surface area contributed by atoms with E-state index in [4.69, 9.17) is 38.1 Å². The Bertz CT molecular complexity index is 2390. The zero-order valence-electron chi connectivity index (χ0n) is 49.5. The first-order valence-corrected chi connectivity index (χ1v) is 32.9. The van der Waals surface area contributed by atoms with Crippen LogP contribution in [-0.2, 0) is 60.5 Å². The molecule has 0 atom stereocenters. The molecule has 0 aromatic carbocycles. The third kappa shape index (κ3) is 21.3. The molecule has 1 aromatic heterocycles. The second-order valence-corrected chi connectivity index (χ2v) is 27.9. The molecule has 11 aliphatic heterocycles. The number of piperidine rings is 4. The fourth-order valence-corrected chi connectivity index (χ4v) is 12.5. The van der Waals surface area contributed by atoms with E-state index in [2.05, 4.69) is 66.3 Å². The molecule has 82 heavy (non-hydrogen) atoms. The predicted molar refractivity (Wildman–Crippen MR) is 316 cm³/mol. The molecule has 23 nitrogen and oxygen atoms in total. The van der Waals surface area contributed by atoms with Gasteiger partial charge < -0.3 is 53.8 Å². The molecule has 8 fully saturated rings. The number of carbonyl (C=O) groups excluding carboxylic acids is 3. The van der Waals surface area contributed by atoms with Crippen molar-refractivity contribution in [2.24, 2.45) is 4.99 Å². The number of amides is 2. The fraction of sp³-hybridized carbons (Fsp3) is 0.839. The van der Waals surface area contributed by atoms with Crippen molar-refractivity contribution in [3.8, 4) is 0 Å². The number of hydrogen-bond donors (Lipinski definition) is 3. The van der Waals surface area contributed by atoms with Crippen LogP contribution in [0.15, 0.2) is 20.7 Å². The summed E-state index contributed by atoms with van der Waals surface area (Å²) in [7, 11) is -3.30. The maximum Gasteiger partial charge on any atom is 0.410 e. The standard InChI is InChI=1S/C19H29BrN4O3.C12H17BrN2O2.C9H17NO4S.C8H15NO2.C5H11NO.C3H4O2/c1-19(2,3)27-18(25)23-9-6-16-15(10-23)17(20)21-24(16)13-4-7-22(8-5-13)14-11-26-12-14;1-12(2,3)17-11(16)15-5-4-8-6-14-10(13)9(8)7-15;1-15(11,12)14-9-2-4-10(5-3-9)8-6-13-7-8;10-8-1-3-9(4-2-8)7-5-11-6-7;7-5-1-3-6-4-2-5;4-3-1-5-2-3/h13-14H,4-12H2,1-3H3;4-7H2,1-3H3;8-9H,2-7H2,1H3;7-8,10H,1-6H2;5-7H,1-4H2;1-2H2. The Morgan fingerprint density at radius 1 is 0.634 bits per heavy atom. The Hall–Kier alpha value is -2.70. The number of hydrogen-bond acceptors (Lipinski definition) is 20. The topological polar surface area (TPSA) is 249 Å². The van der Waals surface area contributed by atoms with Crippen LogP contribution in [0.1, 0.15) is 117 Å². The van der Waals surface area contributed by atoms with Crippen molar-refractivity contribution in [1.29, 1.82) is 0 Å². The number of ketones is 1. The van der Waals surface area contributed by atoms with E-state index in [1.165, 1.54) is 11.3 Å². The van der Waals surface area contributed by atoms with E-state index >= 15 is 0 Å². The van der Waals surface area contributed by atoms with E-state index in [0.29, 0.717) is 57.0 Å². The molecule has 466 valence electrons. The number of rotatable bonds is 6. The Morgan fingerprint density at radius 2 is 1.09 bits per heavy atom. The summed E-state index contributed by atoms with van der Waals surface area (Å²) in [5.74, 6) is 0.213. The van der Waals surface area contributed by atoms with Gasteiger partial charge in [-0.3, -0.25) is 33.4 Å². The molecule has 1 aromatic rings. The van der Waals surface area contributed by atoms with Crippen molar-refractivity contribution >= 4 is 64.6 Å². The lowest BCUT2D eigenvalue weighted by Crippen LogP contribution is -2.52. The second-order valence-electron chi connectivity index (χ2n) is 24.8. The van der Waals surface area contributed by atoms with Gasteiger partial charge in [0.15, 0.2) is 5.78 Å². The summed E-state index contributed by atoms with van der Waals surface area (Å²) in [4.78, 5) is 49.3. The minimum Gasteiger partial charge on any atom is -0.444 e. The van der Waals surface area contributed by atoms with Crippen molar-refractivity contribution in [2.45, 2.75) is 166 Å². The van der Waals surface area contributed by atoms with Gasteiger partial charge in [0, 0.05) is 75.6 Å². The van der Waals surface area contributed by atoms with E-state index in [0.717, 1.165) is 196 Å². The Kier molecular flexibility index (Phi) is 25.5. The van der Waals surface area contributed by atoms with Crippen LogP contribution in [0.5, 0.6) is 0 Å². The number of aromatic nitrogens is 2. The van der Waals surface area contributed by atoms with E-state index < -0.39 is 21.3 Å². The average Bonchev–Trinajstić information content (AvgIpc) is 3.99. The summed E-state index contributed by atoms with van der Waals surface area (Å²) >= 11 is 7.06. The van der Waals surface area contributed by atoms with Gasteiger partial charge in [-0.25, -0.2) is 9.59 Å². The number of halogens is 2. The number of nitrogens with zero attached hydrogens (tertiary/aromatic N) is 8. The largest absolute Gasteiger partial charge is 0.444 e. The highest BCUT2D eigenvalue weighted by Gasteiger charge is 2.36. The number of likely N-dealkylation sites (tertiary alicyclic amines) is 3. The minimum atomic E-state index is -3.30. The highest BCUT2D eigenvalue weighted by molar-refractivity contribution is 9.18. The zero-order chi connectivity index (χ0) is 59.2. The molecule has 0 spiro atoms. The summed E-state index contributed by atoms with van der Waals surface area (Å²) in [6.45, 7) is 28.7. The first kappa shape index (κ1) is 66.8. The summed E-state index contributed by atoms with van der Waals surface area (Å²) in [5.41, 5.74) is 3.98. The Labute approximate surface area is 502 Å². The summed E-state index contributed by atoms with van der Waals surface area (Å²) in [6.07, 6.45) is 9.71. The molecule has 0 aliphatic carbocycles. The molecule has 0 bridgehead atoms. The van der Waals surface area contributed by atoms with E-state index in [1.54, 1.807) is 9.80 Å². The Balaban J connectivity index is 0.000000153. The first-order chi connectivity index (χ1) is 38.9. The number of ether oxygens (including phenoxy) is 6. The van der Waals surface area contributed by atoms with E-state index in [-0.39, 0.29) is 36.3 Å².